The lowest BCUT2D eigenvalue weighted by molar-refractivity contribution is 0.0948. The number of aromatic nitrogens is 2. The van der Waals surface area contributed by atoms with Gasteiger partial charge in [-0.05, 0) is 36.8 Å². The smallest absolute Gasteiger partial charge is 0.270 e. The van der Waals surface area contributed by atoms with E-state index in [4.69, 9.17) is 5.26 Å². The van der Waals surface area contributed by atoms with Crippen LogP contribution in [0.2, 0.25) is 0 Å². The van der Waals surface area contributed by atoms with Crippen molar-refractivity contribution in [3.8, 4) is 6.07 Å². The molecule has 0 bridgehead atoms. The number of hydrogen-bond donors (Lipinski definition) is 2. The molecule has 0 saturated carbocycles. The first-order valence-corrected chi connectivity index (χ1v) is 6.61. The Labute approximate surface area is 122 Å². The van der Waals surface area contributed by atoms with E-state index in [0.29, 0.717) is 23.8 Å². The molecule has 0 radical (unpaired) electrons. The molecule has 6 nitrogen and oxygen atoms in total. The lowest BCUT2D eigenvalue weighted by Gasteiger charge is -2.06. The Balaban J connectivity index is 2.10. The molecule has 2 N–H and O–H groups in total. The molecule has 106 valence electrons. The van der Waals surface area contributed by atoms with Crippen molar-refractivity contribution in [2.45, 2.75) is 13.3 Å². The molecule has 0 atom stereocenters. The minimum Gasteiger partial charge on any atom is -0.351 e. The van der Waals surface area contributed by atoms with Gasteiger partial charge in [0.25, 0.3) is 5.91 Å². The SMILES string of the molecule is CCCNC(=O)c1ccnc(Nc2ccc(C#N)cc2)n1. The highest BCUT2D eigenvalue weighted by Gasteiger charge is 2.08. The monoisotopic (exact) mass is 281 g/mol. The van der Waals surface area contributed by atoms with Crippen molar-refractivity contribution in [2.75, 3.05) is 11.9 Å². The Bertz CT molecular complexity index is 661. The number of amides is 1. The molecule has 2 aromatic rings. The van der Waals surface area contributed by atoms with E-state index in [1.54, 1.807) is 30.3 Å². The summed E-state index contributed by atoms with van der Waals surface area (Å²) in [6, 6.07) is 10.5. The summed E-state index contributed by atoms with van der Waals surface area (Å²) in [5.41, 5.74) is 1.64. The summed E-state index contributed by atoms with van der Waals surface area (Å²) >= 11 is 0. The predicted molar refractivity (Wildman–Crippen MR) is 79.1 cm³/mol. The van der Waals surface area contributed by atoms with Gasteiger partial charge in [-0.1, -0.05) is 6.92 Å². The molecule has 0 aliphatic carbocycles. The average molecular weight is 281 g/mol. The largest absolute Gasteiger partial charge is 0.351 e. The van der Waals surface area contributed by atoms with E-state index in [0.717, 1.165) is 12.1 Å². The van der Waals surface area contributed by atoms with Crippen LogP contribution in [0.25, 0.3) is 0 Å². The molecule has 0 spiro atoms. The second-order valence-electron chi connectivity index (χ2n) is 4.34. The third kappa shape index (κ3) is 4.01. The topological polar surface area (TPSA) is 90.7 Å². The minimum absolute atomic E-state index is 0.220. The van der Waals surface area contributed by atoms with Crippen LogP contribution in [0.5, 0.6) is 0 Å². The molecule has 1 amide bonds. The fraction of sp³-hybridized carbons (Fsp3) is 0.200. The highest BCUT2D eigenvalue weighted by atomic mass is 16.1. The van der Waals surface area contributed by atoms with Crippen molar-refractivity contribution in [1.82, 2.24) is 15.3 Å². The van der Waals surface area contributed by atoms with Crippen LogP contribution in [0.15, 0.2) is 36.5 Å². The fourth-order valence-corrected chi connectivity index (χ4v) is 1.63. The quantitative estimate of drug-likeness (QED) is 0.877. The Morgan fingerprint density at radius 3 is 2.71 bits per heavy atom. The molecule has 1 aromatic carbocycles. The highest BCUT2D eigenvalue weighted by Crippen LogP contribution is 2.13. The summed E-state index contributed by atoms with van der Waals surface area (Å²) in [6.45, 7) is 2.60. The maximum Gasteiger partial charge on any atom is 0.270 e. The standard InChI is InChI=1S/C15H15N5O/c1-2-8-17-14(21)13-7-9-18-15(20-13)19-12-5-3-11(10-16)4-6-12/h3-7,9H,2,8H2,1H3,(H,17,21)(H,18,19,20). The summed E-state index contributed by atoms with van der Waals surface area (Å²) in [4.78, 5) is 20.1. The highest BCUT2D eigenvalue weighted by molar-refractivity contribution is 5.92. The number of rotatable bonds is 5. The van der Waals surface area contributed by atoms with Crippen molar-refractivity contribution in [3.63, 3.8) is 0 Å². The molecule has 0 fully saturated rings. The number of nitrogens with one attached hydrogen (secondary N) is 2. The zero-order valence-electron chi connectivity index (χ0n) is 11.6. The third-order valence-corrected chi connectivity index (χ3v) is 2.69. The minimum atomic E-state index is -0.220. The number of benzene rings is 1. The van der Waals surface area contributed by atoms with E-state index in [-0.39, 0.29) is 5.91 Å². The molecule has 21 heavy (non-hydrogen) atoms. The van der Waals surface area contributed by atoms with Crippen LogP contribution in [0.1, 0.15) is 29.4 Å². The number of carbonyl (C=O) groups excluding carboxylic acids is 1. The van der Waals surface area contributed by atoms with Gasteiger partial charge in [0.2, 0.25) is 5.95 Å². The van der Waals surface area contributed by atoms with Gasteiger partial charge in [-0.2, -0.15) is 5.26 Å². The van der Waals surface area contributed by atoms with E-state index in [9.17, 15) is 4.79 Å². The molecule has 0 unspecified atom stereocenters. The van der Waals surface area contributed by atoms with Gasteiger partial charge in [-0.25, -0.2) is 9.97 Å². The molecular formula is C15H15N5O. The normalized spacial score (nSPS) is 9.71. The van der Waals surface area contributed by atoms with E-state index in [1.165, 1.54) is 6.20 Å². The summed E-state index contributed by atoms with van der Waals surface area (Å²) in [7, 11) is 0. The van der Waals surface area contributed by atoms with Crippen LogP contribution >= 0.6 is 0 Å². The van der Waals surface area contributed by atoms with Crippen LogP contribution in [-0.4, -0.2) is 22.4 Å². The number of nitrogens with zero attached hydrogens (tertiary/aromatic N) is 3. The zero-order chi connectivity index (χ0) is 15.1. The Morgan fingerprint density at radius 1 is 1.29 bits per heavy atom. The second-order valence-corrected chi connectivity index (χ2v) is 4.34. The molecular weight excluding hydrogens is 266 g/mol. The van der Waals surface area contributed by atoms with Gasteiger partial charge < -0.3 is 10.6 Å². The summed E-state index contributed by atoms with van der Waals surface area (Å²) < 4.78 is 0. The van der Waals surface area contributed by atoms with Gasteiger partial charge in [-0.15, -0.1) is 0 Å². The predicted octanol–water partition coefficient (Wildman–Crippen LogP) is 2.23. The molecule has 0 saturated heterocycles. The Morgan fingerprint density at radius 2 is 2.05 bits per heavy atom. The summed E-state index contributed by atoms with van der Waals surface area (Å²) in [5.74, 6) is 0.117. The fourth-order valence-electron chi connectivity index (χ4n) is 1.63. The van der Waals surface area contributed by atoms with E-state index < -0.39 is 0 Å². The first kappa shape index (κ1) is 14.5. The maximum absolute atomic E-state index is 11.8. The van der Waals surface area contributed by atoms with Crippen molar-refractivity contribution in [3.05, 3.63) is 47.8 Å². The van der Waals surface area contributed by atoms with Gasteiger partial charge >= 0.3 is 0 Å². The van der Waals surface area contributed by atoms with Crippen molar-refractivity contribution in [1.29, 1.82) is 5.26 Å². The average Bonchev–Trinajstić information content (AvgIpc) is 2.53. The first-order chi connectivity index (χ1) is 10.2. The Kier molecular flexibility index (Phi) is 4.83. The van der Waals surface area contributed by atoms with Gasteiger partial charge in [0.15, 0.2) is 0 Å². The van der Waals surface area contributed by atoms with Crippen molar-refractivity contribution in [2.24, 2.45) is 0 Å². The molecule has 6 heteroatoms. The third-order valence-electron chi connectivity index (χ3n) is 2.69. The molecule has 1 aromatic heterocycles. The molecule has 2 rings (SSSR count). The van der Waals surface area contributed by atoms with Gasteiger partial charge in [-0.3, -0.25) is 4.79 Å². The summed E-state index contributed by atoms with van der Waals surface area (Å²) in [5, 5.41) is 14.5. The van der Waals surface area contributed by atoms with Gasteiger partial charge in [0.1, 0.15) is 5.69 Å². The number of nitriles is 1. The lowest BCUT2D eigenvalue weighted by Crippen LogP contribution is -2.25. The van der Waals surface area contributed by atoms with Gasteiger partial charge in [0, 0.05) is 18.4 Å². The maximum atomic E-state index is 11.8. The first-order valence-electron chi connectivity index (χ1n) is 6.61. The number of carbonyl (C=O) groups is 1. The van der Waals surface area contributed by atoms with Crippen LogP contribution in [0.3, 0.4) is 0 Å². The summed E-state index contributed by atoms with van der Waals surface area (Å²) in [6.07, 6.45) is 2.40. The van der Waals surface area contributed by atoms with E-state index >= 15 is 0 Å². The zero-order valence-corrected chi connectivity index (χ0v) is 11.6. The molecule has 0 aliphatic heterocycles. The van der Waals surface area contributed by atoms with Crippen molar-refractivity contribution >= 4 is 17.5 Å². The van der Waals surface area contributed by atoms with Crippen LogP contribution < -0.4 is 10.6 Å². The van der Waals surface area contributed by atoms with E-state index in [2.05, 4.69) is 20.6 Å². The van der Waals surface area contributed by atoms with Crippen LogP contribution in [-0.2, 0) is 0 Å². The number of anilines is 2. The molecule has 0 aliphatic rings. The number of hydrogen-bond acceptors (Lipinski definition) is 5. The molecule has 1 heterocycles. The lowest BCUT2D eigenvalue weighted by atomic mass is 10.2. The van der Waals surface area contributed by atoms with E-state index in [1.807, 2.05) is 13.0 Å². The van der Waals surface area contributed by atoms with Crippen LogP contribution in [0.4, 0.5) is 11.6 Å². The van der Waals surface area contributed by atoms with Crippen LogP contribution in [0, 0.1) is 11.3 Å². The van der Waals surface area contributed by atoms with Crippen molar-refractivity contribution < 1.29 is 4.79 Å². The Hall–Kier alpha value is -2.94. The second kappa shape index (κ2) is 7.01. The van der Waals surface area contributed by atoms with Gasteiger partial charge in [0.05, 0.1) is 11.6 Å².